The van der Waals surface area contributed by atoms with Gasteiger partial charge in [0.1, 0.15) is 0 Å². The van der Waals surface area contributed by atoms with Gasteiger partial charge < -0.3 is 4.98 Å². The Hall–Kier alpha value is -2.11. The first-order valence-electron chi connectivity index (χ1n) is 8.53. The molecule has 130 valence electrons. The molecule has 3 aromatic rings. The molecule has 0 saturated carbocycles. The van der Waals surface area contributed by atoms with Crippen LogP contribution in [-0.4, -0.2) is 19.4 Å². The van der Waals surface area contributed by atoms with Crippen LogP contribution < -0.4 is 4.72 Å². The summed E-state index contributed by atoms with van der Waals surface area (Å²) in [6.07, 6.45) is 1.43. The molecule has 1 unspecified atom stereocenters. The van der Waals surface area contributed by atoms with Gasteiger partial charge in [-0.2, -0.15) is 0 Å². The zero-order valence-electron chi connectivity index (χ0n) is 14.7. The Balaban J connectivity index is 1.62. The van der Waals surface area contributed by atoms with Gasteiger partial charge >= 0.3 is 0 Å². The number of aryl methyl sites for hydroxylation is 3. The summed E-state index contributed by atoms with van der Waals surface area (Å²) in [6, 6.07) is 11.8. The van der Waals surface area contributed by atoms with Crippen LogP contribution in [0.5, 0.6) is 0 Å². The van der Waals surface area contributed by atoms with Crippen LogP contribution in [0.15, 0.2) is 41.3 Å². The number of sulfonamides is 1. The Morgan fingerprint density at radius 1 is 1.00 bits per heavy atom. The summed E-state index contributed by atoms with van der Waals surface area (Å²) in [6.45, 7) is 5.82. The van der Waals surface area contributed by atoms with Gasteiger partial charge in [0.2, 0.25) is 10.0 Å². The van der Waals surface area contributed by atoms with Crippen LogP contribution in [0.3, 0.4) is 0 Å². The smallest absolute Gasteiger partial charge is 0.241 e. The van der Waals surface area contributed by atoms with Crippen LogP contribution in [-0.2, 0) is 22.9 Å². The standard InChI is InChI=1S/C20H22N2O2S/c1-12-5-7-18-16(8-12)17-10-15(11-19(17)21-18)22-25(23,24)20-9-13(2)4-6-14(20)3/h4-9,15,21-22H,10-11H2,1-3H3. The van der Waals surface area contributed by atoms with Crippen molar-refractivity contribution < 1.29 is 8.42 Å². The number of hydrogen-bond donors (Lipinski definition) is 2. The Bertz CT molecular complexity index is 1080. The Morgan fingerprint density at radius 2 is 1.72 bits per heavy atom. The summed E-state index contributed by atoms with van der Waals surface area (Å²) in [7, 11) is -3.52. The second-order valence-corrected chi connectivity index (χ2v) is 8.81. The average molecular weight is 354 g/mol. The van der Waals surface area contributed by atoms with E-state index in [4.69, 9.17) is 0 Å². The zero-order valence-corrected chi connectivity index (χ0v) is 15.5. The lowest BCUT2D eigenvalue weighted by Crippen LogP contribution is -2.35. The maximum Gasteiger partial charge on any atom is 0.241 e. The fourth-order valence-corrected chi connectivity index (χ4v) is 5.32. The minimum absolute atomic E-state index is 0.101. The minimum atomic E-state index is -3.52. The molecule has 0 amide bonds. The molecule has 0 saturated heterocycles. The molecule has 1 heterocycles. The van der Waals surface area contributed by atoms with Gasteiger partial charge in [-0.25, -0.2) is 13.1 Å². The van der Waals surface area contributed by atoms with Gasteiger partial charge in [-0.05, 0) is 62.1 Å². The molecule has 25 heavy (non-hydrogen) atoms. The maximum atomic E-state index is 12.8. The van der Waals surface area contributed by atoms with Crippen LogP contribution >= 0.6 is 0 Å². The van der Waals surface area contributed by atoms with Crippen LogP contribution in [0.2, 0.25) is 0 Å². The van der Waals surface area contributed by atoms with Crippen molar-refractivity contribution in [3.8, 4) is 0 Å². The van der Waals surface area contributed by atoms with Crippen LogP contribution in [0.25, 0.3) is 10.9 Å². The van der Waals surface area contributed by atoms with E-state index in [-0.39, 0.29) is 6.04 Å². The highest BCUT2D eigenvalue weighted by Gasteiger charge is 2.29. The molecule has 4 rings (SSSR count). The molecule has 0 bridgehead atoms. The average Bonchev–Trinajstić information content (AvgIpc) is 3.06. The van der Waals surface area contributed by atoms with Crippen LogP contribution in [0.1, 0.15) is 27.9 Å². The first kappa shape index (κ1) is 16.4. The summed E-state index contributed by atoms with van der Waals surface area (Å²) in [5, 5.41) is 1.21. The predicted octanol–water partition coefficient (Wildman–Crippen LogP) is 3.54. The molecule has 1 atom stereocenters. The lowest BCUT2D eigenvalue weighted by molar-refractivity contribution is 0.554. The third-order valence-corrected chi connectivity index (χ3v) is 6.67. The zero-order chi connectivity index (χ0) is 17.8. The maximum absolute atomic E-state index is 12.8. The molecule has 0 radical (unpaired) electrons. The molecule has 0 fully saturated rings. The Labute approximate surface area is 148 Å². The highest BCUT2D eigenvalue weighted by molar-refractivity contribution is 7.89. The number of aromatic amines is 1. The minimum Gasteiger partial charge on any atom is -0.358 e. The van der Waals surface area contributed by atoms with E-state index in [1.807, 2.05) is 26.0 Å². The molecule has 1 aliphatic rings. The third-order valence-electron chi connectivity index (χ3n) is 5.01. The monoisotopic (exact) mass is 354 g/mol. The van der Waals surface area contributed by atoms with Crippen molar-refractivity contribution in [2.45, 2.75) is 44.6 Å². The topological polar surface area (TPSA) is 62.0 Å². The van der Waals surface area contributed by atoms with Gasteiger partial charge in [0.25, 0.3) is 0 Å². The molecule has 2 aromatic carbocycles. The lowest BCUT2D eigenvalue weighted by Gasteiger charge is -2.15. The van der Waals surface area contributed by atoms with Gasteiger partial charge in [0.05, 0.1) is 4.90 Å². The van der Waals surface area contributed by atoms with E-state index in [2.05, 4.69) is 34.8 Å². The molecular formula is C20H22N2O2S. The highest BCUT2D eigenvalue weighted by Crippen LogP contribution is 2.31. The number of aromatic nitrogens is 1. The van der Waals surface area contributed by atoms with Crippen molar-refractivity contribution in [2.24, 2.45) is 0 Å². The van der Waals surface area contributed by atoms with Gasteiger partial charge in [-0.15, -0.1) is 0 Å². The second kappa shape index (κ2) is 5.71. The normalized spacial score (nSPS) is 17.2. The molecule has 4 nitrogen and oxygen atoms in total. The summed E-state index contributed by atoms with van der Waals surface area (Å²) >= 11 is 0. The largest absolute Gasteiger partial charge is 0.358 e. The van der Waals surface area contributed by atoms with Crippen molar-refractivity contribution >= 4 is 20.9 Å². The third kappa shape index (κ3) is 2.87. The molecule has 0 aliphatic heterocycles. The number of fused-ring (bicyclic) bond motifs is 3. The Morgan fingerprint density at radius 3 is 2.52 bits per heavy atom. The number of hydrogen-bond acceptors (Lipinski definition) is 2. The van der Waals surface area contributed by atoms with Crippen molar-refractivity contribution in [1.82, 2.24) is 9.71 Å². The molecule has 0 spiro atoms. The molecular weight excluding hydrogens is 332 g/mol. The van der Waals surface area contributed by atoms with Gasteiger partial charge in [-0.3, -0.25) is 0 Å². The first-order valence-corrected chi connectivity index (χ1v) is 10.0. The van der Waals surface area contributed by atoms with Crippen molar-refractivity contribution in [2.75, 3.05) is 0 Å². The van der Waals surface area contributed by atoms with Gasteiger partial charge in [0.15, 0.2) is 0 Å². The molecule has 2 N–H and O–H groups in total. The van der Waals surface area contributed by atoms with E-state index in [1.165, 1.54) is 16.5 Å². The van der Waals surface area contributed by atoms with Crippen molar-refractivity contribution in [3.05, 3.63) is 64.3 Å². The second-order valence-electron chi connectivity index (χ2n) is 7.13. The highest BCUT2D eigenvalue weighted by atomic mass is 32.2. The Kier molecular flexibility index (Phi) is 3.74. The molecule has 5 heteroatoms. The van der Waals surface area contributed by atoms with E-state index in [1.54, 1.807) is 6.07 Å². The summed E-state index contributed by atoms with van der Waals surface area (Å²) in [4.78, 5) is 3.82. The first-order chi connectivity index (χ1) is 11.8. The molecule has 1 aromatic heterocycles. The van der Waals surface area contributed by atoms with Crippen molar-refractivity contribution in [3.63, 3.8) is 0 Å². The van der Waals surface area contributed by atoms with Crippen molar-refractivity contribution in [1.29, 1.82) is 0 Å². The van der Waals surface area contributed by atoms with E-state index < -0.39 is 10.0 Å². The number of H-pyrrole nitrogens is 1. The van der Waals surface area contributed by atoms with E-state index in [0.717, 1.165) is 28.8 Å². The number of benzene rings is 2. The summed E-state index contributed by atoms with van der Waals surface area (Å²) in [5.74, 6) is 0. The molecule has 1 aliphatic carbocycles. The lowest BCUT2D eigenvalue weighted by atomic mass is 10.1. The number of rotatable bonds is 3. The SMILES string of the molecule is Cc1ccc(C)c(S(=O)(=O)NC2Cc3[nH]c4ccc(C)cc4c3C2)c1. The van der Waals surface area contributed by atoms with E-state index in [9.17, 15) is 8.42 Å². The summed E-state index contributed by atoms with van der Waals surface area (Å²) < 4.78 is 28.6. The van der Waals surface area contributed by atoms with E-state index >= 15 is 0 Å². The summed E-state index contributed by atoms with van der Waals surface area (Å²) in [5.41, 5.74) is 6.46. The fraction of sp³-hybridized carbons (Fsp3) is 0.300. The quantitative estimate of drug-likeness (QED) is 0.756. The predicted molar refractivity (Wildman–Crippen MR) is 100 cm³/mol. The number of nitrogens with one attached hydrogen (secondary N) is 2. The van der Waals surface area contributed by atoms with E-state index in [0.29, 0.717) is 11.3 Å². The van der Waals surface area contributed by atoms with Crippen LogP contribution in [0.4, 0.5) is 0 Å². The van der Waals surface area contributed by atoms with Crippen LogP contribution in [0, 0.1) is 20.8 Å². The van der Waals surface area contributed by atoms with Gasteiger partial charge in [-0.1, -0.05) is 23.8 Å². The fourth-order valence-electron chi connectivity index (χ4n) is 3.75. The van der Waals surface area contributed by atoms with Gasteiger partial charge in [0, 0.05) is 29.1 Å².